The van der Waals surface area contributed by atoms with Gasteiger partial charge in [-0.25, -0.2) is 4.79 Å². The van der Waals surface area contributed by atoms with E-state index in [1.165, 1.54) is 4.90 Å². The van der Waals surface area contributed by atoms with E-state index in [4.69, 9.17) is 4.74 Å². The molecule has 0 N–H and O–H groups in total. The molecule has 4 rings (SSSR count). The van der Waals surface area contributed by atoms with Gasteiger partial charge in [0.25, 0.3) is 5.91 Å². The van der Waals surface area contributed by atoms with E-state index in [1.54, 1.807) is 30.3 Å². The van der Waals surface area contributed by atoms with E-state index in [0.717, 1.165) is 16.5 Å². The zero-order valence-electron chi connectivity index (χ0n) is 12.2. The molecule has 3 aromatic carbocycles. The first-order valence-corrected chi connectivity index (χ1v) is 7.31. The summed E-state index contributed by atoms with van der Waals surface area (Å²) in [6, 6.07) is 20.1. The molecule has 4 heteroatoms. The molecular weight excluding hydrogens is 290 g/mol. The summed E-state index contributed by atoms with van der Waals surface area (Å²) in [5, 5.41) is 1.92. The number of benzene rings is 3. The Morgan fingerprint density at radius 3 is 2.43 bits per heavy atom. The molecule has 1 amide bonds. The lowest BCUT2D eigenvalue weighted by Gasteiger charge is -2.17. The van der Waals surface area contributed by atoms with Crippen molar-refractivity contribution in [1.82, 2.24) is 0 Å². The third-order valence-corrected chi connectivity index (χ3v) is 3.98. The standard InChI is InChI=1S/C19H13NO3/c21-18-15-10-4-8-13-9-5-11-16(17(13)15)20(18)12-23-19(22)14-6-2-1-3-7-14/h1-11H,12H2. The van der Waals surface area contributed by atoms with Crippen LogP contribution in [-0.2, 0) is 4.74 Å². The molecule has 1 aliphatic rings. The highest BCUT2D eigenvalue weighted by atomic mass is 16.5. The number of rotatable bonds is 3. The second-order valence-electron chi connectivity index (χ2n) is 5.34. The highest BCUT2D eigenvalue weighted by molar-refractivity contribution is 6.24. The SMILES string of the molecule is O=C(OCN1C(=O)c2cccc3cccc1c23)c1ccccc1. The van der Waals surface area contributed by atoms with Gasteiger partial charge in [0.2, 0.25) is 0 Å². The summed E-state index contributed by atoms with van der Waals surface area (Å²) in [6.07, 6.45) is 0. The van der Waals surface area contributed by atoms with E-state index in [9.17, 15) is 9.59 Å². The average molecular weight is 303 g/mol. The van der Waals surface area contributed by atoms with E-state index < -0.39 is 5.97 Å². The Bertz CT molecular complexity index is 913. The predicted molar refractivity (Wildman–Crippen MR) is 87.5 cm³/mol. The maximum Gasteiger partial charge on any atom is 0.339 e. The summed E-state index contributed by atoms with van der Waals surface area (Å²) in [6.45, 7) is -0.0969. The van der Waals surface area contributed by atoms with Gasteiger partial charge >= 0.3 is 5.97 Å². The molecular formula is C19H13NO3. The first-order chi connectivity index (χ1) is 11.3. The van der Waals surface area contributed by atoms with Gasteiger partial charge in [-0.1, -0.05) is 42.5 Å². The number of hydrogen-bond acceptors (Lipinski definition) is 3. The normalized spacial score (nSPS) is 12.7. The Morgan fingerprint density at radius 1 is 0.913 bits per heavy atom. The summed E-state index contributed by atoms with van der Waals surface area (Å²) in [7, 11) is 0. The van der Waals surface area contributed by atoms with Gasteiger partial charge in [0, 0.05) is 10.9 Å². The largest absolute Gasteiger partial charge is 0.440 e. The van der Waals surface area contributed by atoms with Crippen LogP contribution in [0.25, 0.3) is 10.8 Å². The van der Waals surface area contributed by atoms with Gasteiger partial charge in [-0.15, -0.1) is 0 Å². The van der Waals surface area contributed by atoms with Gasteiger partial charge in [0.15, 0.2) is 6.73 Å². The van der Waals surface area contributed by atoms with Gasteiger partial charge in [-0.2, -0.15) is 0 Å². The quantitative estimate of drug-likeness (QED) is 0.694. The van der Waals surface area contributed by atoms with E-state index in [1.807, 2.05) is 36.4 Å². The lowest BCUT2D eigenvalue weighted by atomic mass is 10.1. The zero-order chi connectivity index (χ0) is 15.8. The summed E-state index contributed by atoms with van der Waals surface area (Å²) in [4.78, 5) is 26.1. The van der Waals surface area contributed by atoms with E-state index in [2.05, 4.69) is 0 Å². The molecule has 0 saturated carbocycles. The van der Waals surface area contributed by atoms with Crippen molar-refractivity contribution in [3.05, 3.63) is 77.9 Å². The topological polar surface area (TPSA) is 46.6 Å². The minimum Gasteiger partial charge on any atom is -0.440 e. The maximum atomic E-state index is 12.6. The molecule has 23 heavy (non-hydrogen) atoms. The van der Waals surface area contributed by atoms with Crippen LogP contribution in [0.4, 0.5) is 5.69 Å². The molecule has 3 aromatic rings. The lowest BCUT2D eigenvalue weighted by Crippen LogP contribution is -2.30. The number of esters is 1. The first-order valence-electron chi connectivity index (χ1n) is 7.31. The van der Waals surface area contributed by atoms with Crippen LogP contribution in [0.15, 0.2) is 66.7 Å². The van der Waals surface area contributed by atoms with Crippen LogP contribution < -0.4 is 4.90 Å². The molecule has 0 fully saturated rings. The second kappa shape index (κ2) is 5.25. The Morgan fingerprint density at radius 2 is 1.65 bits per heavy atom. The molecule has 1 heterocycles. The van der Waals surface area contributed by atoms with Crippen molar-refractivity contribution in [2.75, 3.05) is 11.6 Å². The highest BCUT2D eigenvalue weighted by Gasteiger charge is 2.30. The number of hydrogen-bond donors (Lipinski definition) is 0. The predicted octanol–water partition coefficient (Wildman–Crippen LogP) is 3.61. The van der Waals surface area contributed by atoms with Crippen LogP contribution in [-0.4, -0.2) is 18.6 Å². The Kier molecular flexibility index (Phi) is 3.08. The van der Waals surface area contributed by atoms with Crippen LogP contribution in [0.2, 0.25) is 0 Å². The molecule has 0 radical (unpaired) electrons. The summed E-state index contributed by atoms with van der Waals surface area (Å²) in [5.74, 6) is -0.584. The smallest absolute Gasteiger partial charge is 0.339 e. The number of amides is 1. The van der Waals surface area contributed by atoms with E-state index in [0.29, 0.717) is 11.1 Å². The van der Waals surface area contributed by atoms with E-state index >= 15 is 0 Å². The molecule has 1 aliphatic heterocycles. The monoisotopic (exact) mass is 303 g/mol. The minimum absolute atomic E-state index is 0.0969. The summed E-state index contributed by atoms with van der Waals surface area (Å²) < 4.78 is 5.31. The van der Waals surface area contributed by atoms with Crippen molar-refractivity contribution in [2.24, 2.45) is 0 Å². The first kappa shape index (κ1) is 13.5. The van der Waals surface area contributed by atoms with Gasteiger partial charge < -0.3 is 4.74 Å². The number of carbonyl (C=O) groups excluding carboxylic acids is 2. The van der Waals surface area contributed by atoms with Crippen LogP contribution in [0.5, 0.6) is 0 Å². The van der Waals surface area contributed by atoms with Crippen molar-refractivity contribution < 1.29 is 14.3 Å². The number of nitrogens with zero attached hydrogens (tertiary/aromatic N) is 1. The van der Waals surface area contributed by atoms with Crippen molar-refractivity contribution in [1.29, 1.82) is 0 Å². The van der Waals surface area contributed by atoms with Crippen molar-refractivity contribution in [2.45, 2.75) is 0 Å². The van der Waals surface area contributed by atoms with Crippen LogP contribution >= 0.6 is 0 Å². The third kappa shape index (κ3) is 2.16. The average Bonchev–Trinajstić information content (AvgIpc) is 2.88. The molecule has 112 valence electrons. The van der Waals surface area contributed by atoms with Crippen molar-refractivity contribution >= 4 is 28.3 Å². The number of carbonyl (C=O) groups is 2. The molecule has 0 aliphatic carbocycles. The Hall–Kier alpha value is -3.14. The van der Waals surface area contributed by atoms with Crippen LogP contribution in [0, 0.1) is 0 Å². The molecule has 0 atom stereocenters. The zero-order valence-corrected chi connectivity index (χ0v) is 12.2. The van der Waals surface area contributed by atoms with Gasteiger partial charge in [0.1, 0.15) is 0 Å². The molecule has 0 aromatic heterocycles. The van der Waals surface area contributed by atoms with Gasteiger partial charge in [0.05, 0.1) is 11.3 Å². The molecule has 0 bridgehead atoms. The Labute approximate surface area is 132 Å². The summed E-state index contributed by atoms with van der Waals surface area (Å²) >= 11 is 0. The number of anilines is 1. The van der Waals surface area contributed by atoms with Crippen LogP contribution in [0.1, 0.15) is 20.7 Å². The molecule has 0 spiro atoms. The van der Waals surface area contributed by atoms with Gasteiger partial charge in [-0.3, -0.25) is 9.69 Å². The fourth-order valence-corrected chi connectivity index (χ4v) is 2.89. The highest BCUT2D eigenvalue weighted by Crippen LogP contribution is 2.36. The summed E-state index contributed by atoms with van der Waals surface area (Å²) in [5.41, 5.74) is 1.90. The van der Waals surface area contributed by atoms with E-state index in [-0.39, 0.29) is 12.6 Å². The maximum absolute atomic E-state index is 12.6. The van der Waals surface area contributed by atoms with Crippen molar-refractivity contribution in [3.8, 4) is 0 Å². The Balaban J connectivity index is 1.61. The van der Waals surface area contributed by atoms with Gasteiger partial charge in [-0.05, 0) is 29.7 Å². The minimum atomic E-state index is -0.443. The van der Waals surface area contributed by atoms with Crippen LogP contribution in [0.3, 0.4) is 0 Å². The fourth-order valence-electron chi connectivity index (χ4n) is 2.89. The molecule has 4 nitrogen and oxygen atoms in total. The molecule has 0 saturated heterocycles. The molecule has 0 unspecified atom stereocenters. The third-order valence-electron chi connectivity index (χ3n) is 3.98. The fraction of sp³-hybridized carbons (Fsp3) is 0.0526. The number of ether oxygens (including phenoxy) is 1. The second-order valence-corrected chi connectivity index (χ2v) is 5.34. The lowest BCUT2D eigenvalue weighted by molar-refractivity contribution is 0.0500. The van der Waals surface area contributed by atoms with Crippen molar-refractivity contribution in [3.63, 3.8) is 0 Å².